The van der Waals surface area contributed by atoms with Crippen LogP contribution >= 0.6 is 0 Å². The number of nitrogens with one attached hydrogen (secondary N) is 1. The minimum Gasteiger partial charge on any atom is -0.424 e. The van der Waals surface area contributed by atoms with Gasteiger partial charge in [-0.1, -0.05) is 30.8 Å². The summed E-state index contributed by atoms with van der Waals surface area (Å²) in [5.41, 5.74) is 13.2. The Hall–Kier alpha value is -5.49. The zero-order valence-corrected chi connectivity index (χ0v) is 21.7. The number of hydrogen-bond donors (Lipinski definition) is 2. The second-order valence-electron chi connectivity index (χ2n) is 9.01. The molecule has 3 heterocycles. The number of nitrogens with two attached hydrogens (primary N) is 1. The number of nitriles is 1. The number of aryl methyl sites for hydroxylation is 3. The molecule has 0 bridgehead atoms. The highest BCUT2D eigenvalue weighted by Crippen LogP contribution is 2.43. The fraction of sp³-hybridized carbons (Fsp3) is 0.100. The van der Waals surface area contributed by atoms with Gasteiger partial charge in [-0.25, -0.2) is 15.0 Å². The van der Waals surface area contributed by atoms with Gasteiger partial charge in [0.2, 0.25) is 5.91 Å². The number of aromatic nitrogens is 4. The average molecular weight is 516 g/mol. The van der Waals surface area contributed by atoms with E-state index in [-0.39, 0.29) is 11.9 Å². The van der Waals surface area contributed by atoms with Gasteiger partial charge in [0, 0.05) is 35.9 Å². The number of pyridine rings is 1. The van der Waals surface area contributed by atoms with Crippen molar-refractivity contribution >= 4 is 28.3 Å². The number of ether oxygens (including phenoxy) is 1. The Morgan fingerprint density at radius 1 is 1.08 bits per heavy atom. The number of nitrogen functional groups attached to an aromatic ring is 1. The summed E-state index contributed by atoms with van der Waals surface area (Å²) in [6, 6.07) is 19.3. The minimum absolute atomic E-state index is 0.279. The molecule has 3 N–H and O–H groups in total. The van der Waals surface area contributed by atoms with Gasteiger partial charge in [0.1, 0.15) is 17.6 Å². The highest BCUT2D eigenvalue weighted by atomic mass is 16.5. The van der Waals surface area contributed by atoms with Gasteiger partial charge in [-0.05, 0) is 61.4 Å². The normalized spacial score (nSPS) is 10.7. The van der Waals surface area contributed by atoms with E-state index in [4.69, 9.17) is 10.5 Å². The molecule has 0 aliphatic carbocycles. The third-order valence-corrected chi connectivity index (χ3v) is 6.28. The minimum atomic E-state index is -0.293. The van der Waals surface area contributed by atoms with Gasteiger partial charge in [-0.15, -0.1) is 0 Å². The molecule has 5 rings (SSSR count). The number of rotatable bonds is 6. The predicted octanol–water partition coefficient (Wildman–Crippen LogP) is 5.68. The van der Waals surface area contributed by atoms with E-state index in [0.29, 0.717) is 33.7 Å². The number of amides is 1. The molecular formula is C30H25N7O2. The van der Waals surface area contributed by atoms with Crippen molar-refractivity contribution in [3.8, 4) is 40.2 Å². The molecule has 2 aromatic carbocycles. The van der Waals surface area contributed by atoms with E-state index in [1.165, 1.54) is 12.3 Å². The zero-order chi connectivity index (χ0) is 27.7. The predicted molar refractivity (Wildman–Crippen MR) is 151 cm³/mol. The number of nitrogens with zero attached hydrogens (tertiary/aromatic N) is 5. The highest BCUT2D eigenvalue weighted by Gasteiger charge is 2.23. The average Bonchev–Trinajstić information content (AvgIpc) is 3.23. The first kappa shape index (κ1) is 25.2. The van der Waals surface area contributed by atoms with Crippen LogP contribution in [-0.4, -0.2) is 25.4 Å². The first-order valence-corrected chi connectivity index (χ1v) is 12.1. The van der Waals surface area contributed by atoms with Gasteiger partial charge in [0.15, 0.2) is 0 Å². The lowest BCUT2D eigenvalue weighted by Crippen LogP contribution is -2.06. The van der Waals surface area contributed by atoms with E-state index in [1.54, 1.807) is 0 Å². The summed E-state index contributed by atoms with van der Waals surface area (Å²) < 4.78 is 7.85. The Kier molecular flexibility index (Phi) is 6.52. The second kappa shape index (κ2) is 10.1. The third kappa shape index (κ3) is 4.79. The molecule has 5 aromatic rings. The van der Waals surface area contributed by atoms with Gasteiger partial charge in [-0.2, -0.15) is 5.26 Å². The third-order valence-electron chi connectivity index (χ3n) is 6.28. The summed E-state index contributed by atoms with van der Waals surface area (Å²) in [6.45, 7) is 7.27. The molecule has 0 saturated carbocycles. The summed E-state index contributed by atoms with van der Waals surface area (Å²) in [5, 5.41) is 13.3. The zero-order valence-electron chi connectivity index (χ0n) is 21.7. The van der Waals surface area contributed by atoms with Gasteiger partial charge >= 0.3 is 6.01 Å². The van der Waals surface area contributed by atoms with Crippen LogP contribution in [0.1, 0.15) is 17.0 Å². The van der Waals surface area contributed by atoms with Crippen LogP contribution in [0.3, 0.4) is 0 Å². The van der Waals surface area contributed by atoms with Gasteiger partial charge < -0.3 is 20.4 Å². The SMILES string of the molecule is C=CC(=O)Nc1ccc(-c2c(-c3ccc(Oc4nc(C)cc(C)n4)cc3)c3c(N)ncc(C#N)c3n2C)cc1. The molecule has 0 aliphatic heterocycles. The molecule has 0 saturated heterocycles. The molecule has 0 atom stereocenters. The maximum Gasteiger partial charge on any atom is 0.322 e. The molecule has 0 spiro atoms. The van der Waals surface area contributed by atoms with Crippen LogP contribution in [0.4, 0.5) is 11.5 Å². The summed E-state index contributed by atoms with van der Waals surface area (Å²) in [6.07, 6.45) is 2.70. The first-order valence-electron chi connectivity index (χ1n) is 12.1. The van der Waals surface area contributed by atoms with Crippen molar-refractivity contribution in [2.75, 3.05) is 11.1 Å². The lowest BCUT2D eigenvalue weighted by Gasteiger charge is -2.11. The molecule has 192 valence electrons. The van der Waals surface area contributed by atoms with Gasteiger partial charge in [0.25, 0.3) is 0 Å². The number of hydrogen-bond acceptors (Lipinski definition) is 7. The maximum atomic E-state index is 11.7. The van der Waals surface area contributed by atoms with Gasteiger partial charge in [0.05, 0.1) is 22.2 Å². The summed E-state index contributed by atoms with van der Waals surface area (Å²) in [4.78, 5) is 24.7. The molecule has 0 fully saturated rings. The van der Waals surface area contributed by atoms with Crippen molar-refractivity contribution in [3.63, 3.8) is 0 Å². The number of carbonyl (C=O) groups is 1. The summed E-state index contributed by atoms with van der Waals surface area (Å²) >= 11 is 0. The first-order chi connectivity index (χ1) is 18.8. The number of anilines is 2. The van der Waals surface area contributed by atoms with Crippen LogP contribution in [0.2, 0.25) is 0 Å². The largest absolute Gasteiger partial charge is 0.424 e. The van der Waals surface area contributed by atoms with Crippen molar-refractivity contribution in [1.82, 2.24) is 19.5 Å². The quantitative estimate of drug-likeness (QED) is 0.278. The van der Waals surface area contributed by atoms with E-state index in [1.807, 2.05) is 80.1 Å². The summed E-state index contributed by atoms with van der Waals surface area (Å²) in [5.74, 6) is 0.607. The Labute approximate surface area is 225 Å². The topological polar surface area (TPSA) is 132 Å². The number of benzene rings is 2. The van der Waals surface area contributed by atoms with Crippen molar-refractivity contribution in [2.45, 2.75) is 13.8 Å². The number of carbonyl (C=O) groups excluding carboxylic acids is 1. The Balaban J connectivity index is 1.64. The second-order valence-corrected chi connectivity index (χ2v) is 9.01. The van der Waals surface area contributed by atoms with E-state index < -0.39 is 0 Å². The smallest absolute Gasteiger partial charge is 0.322 e. The molecule has 9 heteroatoms. The van der Waals surface area contributed by atoms with E-state index in [2.05, 4.69) is 32.9 Å². The van der Waals surface area contributed by atoms with Crippen LogP contribution < -0.4 is 15.8 Å². The molecular weight excluding hydrogens is 490 g/mol. The van der Waals surface area contributed by atoms with Crippen LogP contribution in [0.15, 0.2) is 73.4 Å². The van der Waals surface area contributed by atoms with Crippen LogP contribution in [0, 0.1) is 25.2 Å². The fourth-order valence-electron chi connectivity index (χ4n) is 4.65. The Morgan fingerprint density at radius 2 is 1.72 bits per heavy atom. The van der Waals surface area contributed by atoms with Crippen molar-refractivity contribution < 1.29 is 9.53 Å². The molecule has 0 aliphatic rings. The van der Waals surface area contributed by atoms with E-state index in [0.717, 1.165) is 33.8 Å². The lowest BCUT2D eigenvalue weighted by atomic mass is 9.98. The molecule has 3 aromatic heterocycles. The maximum absolute atomic E-state index is 11.7. The van der Waals surface area contributed by atoms with Crippen molar-refractivity contribution in [3.05, 3.63) is 90.4 Å². The van der Waals surface area contributed by atoms with Crippen LogP contribution in [-0.2, 0) is 11.8 Å². The monoisotopic (exact) mass is 515 g/mol. The highest BCUT2D eigenvalue weighted by molar-refractivity contribution is 6.10. The Morgan fingerprint density at radius 3 is 2.33 bits per heavy atom. The molecule has 1 amide bonds. The molecule has 0 radical (unpaired) electrons. The van der Waals surface area contributed by atoms with Crippen molar-refractivity contribution in [2.24, 2.45) is 7.05 Å². The standard InChI is InChI=1S/C30H25N7O2/c1-5-24(38)36-22-10-6-20(7-11-22)27-25(26-28(37(27)4)21(15-31)16-33-29(26)32)19-8-12-23(13-9-19)39-30-34-17(2)14-18(3)35-30/h5-14,16H,1H2,2-4H3,(H2,32,33)(H,36,38). The van der Waals surface area contributed by atoms with Crippen LogP contribution in [0.25, 0.3) is 33.3 Å². The van der Waals surface area contributed by atoms with E-state index in [9.17, 15) is 10.1 Å². The van der Waals surface area contributed by atoms with E-state index >= 15 is 0 Å². The lowest BCUT2D eigenvalue weighted by molar-refractivity contribution is -0.111. The summed E-state index contributed by atoms with van der Waals surface area (Å²) in [7, 11) is 1.89. The Bertz CT molecular complexity index is 1760. The van der Waals surface area contributed by atoms with Crippen molar-refractivity contribution in [1.29, 1.82) is 5.26 Å². The molecule has 0 unspecified atom stereocenters. The van der Waals surface area contributed by atoms with Gasteiger partial charge in [-0.3, -0.25) is 4.79 Å². The van der Waals surface area contributed by atoms with Crippen LogP contribution in [0.5, 0.6) is 11.8 Å². The number of fused-ring (bicyclic) bond motifs is 1. The molecule has 39 heavy (non-hydrogen) atoms. The fourth-order valence-corrected chi connectivity index (χ4v) is 4.65. The molecule has 9 nitrogen and oxygen atoms in total.